The van der Waals surface area contributed by atoms with Gasteiger partial charge in [-0.15, -0.1) is 0 Å². The third-order valence-corrected chi connectivity index (χ3v) is 5.27. The number of anilines is 5. The summed E-state index contributed by atoms with van der Waals surface area (Å²) < 4.78 is 18.2. The number of piperazine rings is 1. The van der Waals surface area contributed by atoms with E-state index in [1.807, 2.05) is 6.07 Å². The number of nitrogens with zero attached hydrogens (tertiary/aromatic N) is 4. The quantitative estimate of drug-likeness (QED) is 0.567. The Bertz CT molecular complexity index is 1080. The summed E-state index contributed by atoms with van der Waals surface area (Å²) in [5, 5.41) is 3.17. The number of rotatable bonds is 6. The van der Waals surface area contributed by atoms with Gasteiger partial charge in [0.25, 0.3) is 0 Å². The van der Waals surface area contributed by atoms with Crippen LogP contribution in [0.4, 0.5) is 33.1 Å². The van der Waals surface area contributed by atoms with Crippen LogP contribution >= 0.6 is 0 Å². The summed E-state index contributed by atoms with van der Waals surface area (Å²) in [5.41, 5.74) is 8.94. The number of carbonyl (C=O) groups excluding carboxylic acids is 1. The van der Waals surface area contributed by atoms with Gasteiger partial charge in [0.15, 0.2) is 11.6 Å². The Morgan fingerprint density at radius 3 is 2.53 bits per heavy atom. The smallest absolute Gasteiger partial charge is 0.338 e. The molecule has 1 aliphatic rings. The minimum absolute atomic E-state index is 0.242. The monoisotopic (exact) mass is 436 g/mol. The van der Waals surface area contributed by atoms with Crippen molar-refractivity contribution in [2.24, 2.45) is 0 Å². The topological polar surface area (TPSA) is 96.6 Å². The van der Waals surface area contributed by atoms with Crippen LogP contribution in [-0.4, -0.2) is 48.7 Å². The fourth-order valence-corrected chi connectivity index (χ4v) is 3.64. The molecule has 0 unspecified atom stereocenters. The zero-order chi connectivity index (χ0) is 22.5. The first-order valence-electron chi connectivity index (χ1n) is 10.5. The number of ether oxygens (including phenoxy) is 1. The summed E-state index contributed by atoms with van der Waals surface area (Å²) in [5.74, 6) is 0.500. The molecule has 8 nitrogen and oxygen atoms in total. The van der Waals surface area contributed by atoms with Crippen LogP contribution in [0, 0.1) is 5.82 Å². The molecule has 0 radical (unpaired) electrons. The highest BCUT2D eigenvalue weighted by Gasteiger charge is 2.22. The van der Waals surface area contributed by atoms with Crippen molar-refractivity contribution in [3.63, 3.8) is 0 Å². The zero-order valence-electron chi connectivity index (χ0n) is 17.8. The van der Waals surface area contributed by atoms with Gasteiger partial charge in [-0.1, -0.05) is 6.07 Å². The molecule has 166 valence electrons. The normalized spacial score (nSPS) is 13.7. The van der Waals surface area contributed by atoms with E-state index < -0.39 is 0 Å². The van der Waals surface area contributed by atoms with E-state index in [2.05, 4.69) is 25.1 Å². The fraction of sp³-hybridized carbons (Fsp3) is 0.261. The second-order valence-corrected chi connectivity index (χ2v) is 7.34. The van der Waals surface area contributed by atoms with Gasteiger partial charge in [-0.05, 0) is 49.4 Å². The van der Waals surface area contributed by atoms with E-state index in [-0.39, 0.29) is 11.8 Å². The van der Waals surface area contributed by atoms with Crippen molar-refractivity contribution in [3.8, 4) is 0 Å². The van der Waals surface area contributed by atoms with Gasteiger partial charge < -0.3 is 25.6 Å². The Morgan fingerprint density at radius 2 is 1.81 bits per heavy atom. The van der Waals surface area contributed by atoms with Crippen molar-refractivity contribution in [2.45, 2.75) is 6.92 Å². The summed E-state index contributed by atoms with van der Waals surface area (Å²) >= 11 is 0. The molecule has 3 N–H and O–H groups in total. The Labute approximate surface area is 185 Å². The van der Waals surface area contributed by atoms with Crippen LogP contribution in [0.3, 0.4) is 0 Å². The van der Waals surface area contributed by atoms with Gasteiger partial charge in [-0.2, -0.15) is 0 Å². The summed E-state index contributed by atoms with van der Waals surface area (Å²) in [6, 6.07) is 13.5. The van der Waals surface area contributed by atoms with E-state index in [0.717, 1.165) is 31.9 Å². The minimum atomic E-state index is -0.383. The first-order chi connectivity index (χ1) is 15.5. The molecule has 3 aromatic rings. The van der Waals surface area contributed by atoms with Gasteiger partial charge in [-0.3, -0.25) is 0 Å². The molecular weight excluding hydrogens is 411 g/mol. The largest absolute Gasteiger partial charge is 0.462 e. The zero-order valence-corrected chi connectivity index (χ0v) is 17.8. The standard InChI is InChI=1S/C23H25FN6O2/c1-2-32-23(31)16-4-3-5-18(14-16)28-21-20(25)22(27-15-26-21)30-12-10-29(11-13-30)19-8-6-17(24)7-9-19/h3-9,14-15H,2,10-13,25H2,1H3,(H,26,27,28). The van der Waals surface area contributed by atoms with Crippen LogP contribution in [0.2, 0.25) is 0 Å². The number of hydrogen-bond acceptors (Lipinski definition) is 8. The van der Waals surface area contributed by atoms with Crippen molar-refractivity contribution < 1.29 is 13.9 Å². The maximum atomic E-state index is 13.2. The van der Waals surface area contributed by atoms with E-state index >= 15 is 0 Å². The molecular formula is C23H25FN6O2. The molecule has 4 rings (SSSR count). The van der Waals surface area contributed by atoms with Crippen LogP contribution in [-0.2, 0) is 4.74 Å². The lowest BCUT2D eigenvalue weighted by atomic mass is 10.2. The number of hydrogen-bond donors (Lipinski definition) is 2. The highest BCUT2D eigenvalue weighted by Crippen LogP contribution is 2.30. The Balaban J connectivity index is 1.46. The summed E-state index contributed by atoms with van der Waals surface area (Å²) in [6.07, 6.45) is 1.47. The van der Waals surface area contributed by atoms with Gasteiger partial charge in [0.2, 0.25) is 0 Å². The molecule has 1 saturated heterocycles. The number of carbonyl (C=O) groups is 1. The van der Waals surface area contributed by atoms with Gasteiger partial charge >= 0.3 is 5.97 Å². The molecule has 2 heterocycles. The van der Waals surface area contributed by atoms with Crippen molar-refractivity contribution in [1.29, 1.82) is 0 Å². The molecule has 0 saturated carbocycles. The van der Waals surface area contributed by atoms with E-state index in [1.54, 1.807) is 37.3 Å². The molecule has 9 heteroatoms. The van der Waals surface area contributed by atoms with Crippen LogP contribution in [0.5, 0.6) is 0 Å². The number of halogens is 1. The van der Waals surface area contributed by atoms with Gasteiger partial charge in [0.05, 0.1) is 12.2 Å². The van der Waals surface area contributed by atoms with E-state index in [4.69, 9.17) is 10.5 Å². The van der Waals surface area contributed by atoms with Crippen LogP contribution in [0.15, 0.2) is 54.9 Å². The Kier molecular flexibility index (Phi) is 6.34. The lowest BCUT2D eigenvalue weighted by molar-refractivity contribution is 0.0526. The number of nitrogens with one attached hydrogen (secondary N) is 1. The Morgan fingerprint density at radius 1 is 1.09 bits per heavy atom. The highest BCUT2D eigenvalue weighted by molar-refractivity contribution is 5.91. The maximum absolute atomic E-state index is 13.2. The first-order valence-corrected chi connectivity index (χ1v) is 10.5. The summed E-state index contributed by atoms with van der Waals surface area (Å²) in [6.45, 7) is 5.04. The number of nitrogens with two attached hydrogens (primary N) is 1. The van der Waals surface area contributed by atoms with Crippen molar-refractivity contribution in [2.75, 3.05) is 53.6 Å². The van der Waals surface area contributed by atoms with Gasteiger partial charge in [0, 0.05) is 37.6 Å². The molecule has 1 fully saturated rings. The molecule has 1 aliphatic heterocycles. The minimum Gasteiger partial charge on any atom is -0.462 e. The molecule has 0 amide bonds. The first kappa shape index (κ1) is 21.4. The lowest BCUT2D eigenvalue weighted by Crippen LogP contribution is -2.47. The van der Waals surface area contributed by atoms with Crippen LogP contribution in [0.25, 0.3) is 0 Å². The Hall–Kier alpha value is -3.88. The average Bonchev–Trinajstić information content (AvgIpc) is 2.81. The van der Waals surface area contributed by atoms with E-state index in [1.165, 1.54) is 18.5 Å². The lowest BCUT2D eigenvalue weighted by Gasteiger charge is -2.37. The summed E-state index contributed by atoms with van der Waals surface area (Å²) in [4.78, 5) is 25.0. The molecule has 0 spiro atoms. The average molecular weight is 436 g/mol. The fourth-order valence-electron chi connectivity index (χ4n) is 3.64. The highest BCUT2D eigenvalue weighted by atomic mass is 19.1. The number of esters is 1. The maximum Gasteiger partial charge on any atom is 0.338 e. The third-order valence-electron chi connectivity index (χ3n) is 5.27. The van der Waals surface area contributed by atoms with E-state index in [9.17, 15) is 9.18 Å². The summed E-state index contributed by atoms with van der Waals surface area (Å²) in [7, 11) is 0. The van der Waals surface area contributed by atoms with Crippen molar-refractivity contribution in [3.05, 3.63) is 66.2 Å². The molecule has 1 aromatic heterocycles. The predicted octanol–water partition coefficient (Wildman–Crippen LogP) is 3.44. The molecule has 2 aromatic carbocycles. The second-order valence-electron chi connectivity index (χ2n) is 7.34. The van der Waals surface area contributed by atoms with Crippen molar-refractivity contribution >= 4 is 34.7 Å². The van der Waals surface area contributed by atoms with Crippen molar-refractivity contribution in [1.82, 2.24) is 9.97 Å². The van der Waals surface area contributed by atoms with Gasteiger partial charge in [0.1, 0.15) is 17.8 Å². The number of nitrogen functional groups attached to an aromatic ring is 1. The predicted molar refractivity (Wildman–Crippen MR) is 123 cm³/mol. The molecule has 0 bridgehead atoms. The van der Waals surface area contributed by atoms with Gasteiger partial charge in [-0.25, -0.2) is 19.2 Å². The van der Waals surface area contributed by atoms with E-state index in [0.29, 0.717) is 35.2 Å². The number of benzene rings is 2. The third kappa shape index (κ3) is 4.72. The molecule has 32 heavy (non-hydrogen) atoms. The van der Waals surface area contributed by atoms with Crippen LogP contribution in [0.1, 0.15) is 17.3 Å². The molecule has 0 aliphatic carbocycles. The second kappa shape index (κ2) is 9.51. The molecule has 0 atom stereocenters. The SMILES string of the molecule is CCOC(=O)c1cccc(Nc2ncnc(N3CCN(c4ccc(F)cc4)CC3)c2N)c1. The van der Waals surface area contributed by atoms with Crippen LogP contribution < -0.4 is 20.9 Å². The number of aromatic nitrogens is 2.